The Bertz CT molecular complexity index is 842. The van der Waals surface area contributed by atoms with Crippen molar-refractivity contribution in [3.05, 3.63) is 76.8 Å². The SMILES string of the molecule is Cc1nccn1-c1ccc(CNC(=S)Nc2cccc(Br)c2)cc1. The number of anilines is 1. The minimum Gasteiger partial charge on any atom is -0.358 e. The van der Waals surface area contributed by atoms with E-state index < -0.39 is 0 Å². The Balaban J connectivity index is 1.57. The summed E-state index contributed by atoms with van der Waals surface area (Å²) in [6.45, 7) is 2.66. The maximum atomic E-state index is 5.34. The van der Waals surface area contributed by atoms with Crippen LogP contribution in [0.1, 0.15) is 11.4 Å². The normalized spacial score (nSPS) is 10.4. The molecule has 0 radical (unpaired) electrons. The van der Waals surface area contributed by atoms with Crippen molar-refractivity contribution in [2.24, 2.45) is 0 Å². The van der Waals surface area contributed by atoms with Crippen molar-refractivity contribution >= 4 is 38.9 Å². The van der Waals surface area contributed by atoms with Gasteiger partial charge in [-0.25, -0.2) is 4.98 Å². The number of rotatable bonds is 4. The Morgan fingerprint density at radius 3 is 2.67 bits per heavy atom. The van der Waals surface area contributed by atoms with Crippen molar-refractivity contribution in [2.45, 2.75) is 13.5 Å². The molecule has 6 heteroatoms. The molecular formula is C18H17BrN4S. The van der Waals surface area contributed by atoms with E-state index in [1.54, 1.807) is 6.20 Å². The molecule has 3 rings (SSSR count). The van der Waals surface area contributed by atoms with Crippen molar-refractivity contribution in [3.8, 4) is 5.69 Å². The van der Waals surface area contributed by atoms with E-state index >= 15 is 0 Å². The highest BCUT2D eigenvalue weighted by Gasteiger charge is 2.02. The lowest BCUT2D eigenvalue weighted by Crippen LogP contribution is -2.27. The molecule has 3 aromatic rings. The summed E-state index contributed by atoms with van der Waals surface area (Å²) in [5, 5.41) is 6.99. The first-order chi connectivity index (χ1) is 11.6. The van der Waals surface area contributed by atoms with Gasteiger partial charge in [0.25, 0.3) is 0 Å². The molecule has 0 saturated carbocycles. The molecule has 1 aromatic heterocycles. The number of nitrogens with one attached hydrogen (secondary N) is 2. The number of halogens is 1. The lowest BCUT2D eigenvalue weighted by atomic mass is 10.2. The van der Waals surface area contributed by atoms with E-state index in [0.717, 1.165) is 27.2 Å². The lowest BCUT2D eigenvalue weighted by molar-refractivity contribution is 0.920. The number of hydrogen-bond acceptors (Lipinski definition) is 2. The zero-order valence-electron chi connectivity index (χ0n) is 13.2. The second-order valence-electron chi connectivity index (χ2n) is 5.33. The standard InChI is InChI=1S/C18H17BrN4S/c1-13-20-9-10-23(13)17-7-5-14(6-8-17)12-21-18(24)22-16-4-2-3-15(19)11-16/h2-11H,12H2,1H3,(H2,21,22,24). The summed E-state index contributed by atoms with van der Waals surface area (Å²) in [6.07, 6.45) is 3.76. The fraction of sp³-hybridized carbons (Fsp3) is 0.111. The third-order valence-electron chi connectivity index (χ3n) is 3.58. The van der Waals surface area contributed by atoms with Gasteiger partial charge in [-0.15, -0.1) is 0 Å². The molecule has 0 unspecified atom stereocenters. The Kier molecular flexibility index (Phi) is 5.27. The van der Waals surface area contributed by atoms with E-state index in [2.05, 4.69) is 60.4 Å². The van der Waals surface area contributed by atoms with Crippen LogP contribution in [0.3, 0.4) is 0 Å². The van der Waals surface area contributed by atoms with Crippen LogP contribution in [0.5, 0.6) is 0 Å². The van der Waals surface area contributed by atoms with Crippen molar-refractivity contribution in [3.63, 3.8) is 0 Å². The molecule has 0 aliphatic carbocycles. The first kappa shape index (κ1) is 16.7. The molecule has 4 nitrogen and oxygen atoms in total. The third-order valence-corrected chi connectivity index (χ3v) is 4.32. The fourth-order valence-electron chi connectivity index (χ4n) is 2.35. The van der Waals surface area contributed by atoms with Gasteiger partial charge in [0, 0.05) is 34.8 Å². The molecule has 0 bridgehead atoms. The van der Waals surface area contributed by atoms with E-state index in [1.165, 1.54) is 0 Å². The predicted molar refractivity (Wildman–Crippen MR) is 106 cm³/mol. The Morgan fingerprint density at radius 2 is 2.00 bits per heavy atom. The van der Waals surface area contributed by atoms with Gasteiger partial charge in [0.1, 0.15) is 5.82 Å². The van der Waals surface area contributed by atoms with Gasteiger partial charge >= 0.3 is 0 Å². The molecule has 2 N–H and O–H groups in total. The highest BCUT2D eigenvalue weighted by Crippen LogP contribution is 2.15. The summed E-state index contributed by atoms with van der Waals surface area (Å²) in [5.41, 5.74) is 3.21. The van der Waals surface area contributed by atoms with E-state index in [-0.39, 0.29) is 0 Å². The Hall–Kier alpha value is -2.18. The average Bonchev–Trinajstić information content (AvgIpc) is 2.99. The Morgan fingerprint density at radius 1 is 1.21 bits per heavy atom. The van der Waals surface area contributed by atoms with Crippen molar-refractivity contribution < 1.29 is 0 Å². The minimum atomic E-state index is 0.600. The van der Waals surface area contributed by atoms with E-state index in [4.69, 9.17) is 12.2 Å². The van der Waals surface area contributed by atoms with Crippen molar-refractivity contribution in [2.75, 3.05) is 5.32 Å². The first-order valence-corrected chi connectivity index (χ1v) is 8.71. The fourth-order valence-corrected chi connectivity index (χ4v) is 2.94. The van der Waals surface area contributed by atoms with Crippen LogP contribution in [0, 0.1) is 6.92 Å². The number of thiocarbonyl (C=S) groups is 1. The molecular weight excluding hydrogens is 384 g/mol. The summed E-state index contributed by atoms with van der Waals surface area (Å²) in [7, 11) is 0. The number of nitrogens with zero attached hydrogens (tertiary/aromatic N) is 2. The molecule has 2 aromatic carbocycles. The van der Waals surface area contributed by atoms with Crippen LogP contribution in [0.25, 0.3) is 5.69 Å². The maximum absolute atomic E-state index is 5.34. The van der Waals surface area contributed by atoms with Gasteiger partial charge in [0.05, 0.1) is 0 Å². The molecule has 122 valence electrons. The van der Waals surface area contributed by atoms with Gasteiger partial charge in [-0.2, -0.15) is 0 Å². The van der Waals surface area contributed by atoms with Gasteiger partial charge in [-0.05, 0) is 55.0 Å². The summed E-state index contributed by atoms with van der Waals surface area (Å²) in [6, 6.07) is 16.2. The maximum Gasteiger partial charge on any atom is 0.171 e. The number of hydrogen-bond donors (Lipinski definition) is 2. The molecule has 0 atom stereocenters. The van der Waals surface area contributed by atoms with Crippen LogP contribution in [-0.2, 0) is 6.54 Å². The smallest absolute Gasteiger partial charge is 0.171 e. The monoisotopic (exact) mass is 400 g/mol. The van der Waals surface area contributed by atoms with E-state index in [0.29, 0.717) is 11.7 Å². The minimum absolute atomic E-state index is 0.600. The van der Waals surface area contributed by atoms with Gasteiger partial charge in [-0.1, -0.05) is 34.1 Å². The molecule has 24 heavy (non-hydrogen) atoms. The molecule has 0 aliphatic rings. The topological polar surface area (TPSA) is 41.9 Å². The summed E-state index contributed by atoms with van der Waals surface area (Å²) in [5.74, 6) is 0.972. The highest BCUT2D eigenvalue weighted by atomic mass is 79.9. The second-order valence-corrected chi connectivity index (χ2v) is 6.65. The number of benzene rings is 2. The number of aromatic nitrogens is 2. The summed E-state index contributed by atoms with van der Waals surface area (Å²) >= 11 is 8.78. The summed E-state index contributed by atoms with van der Waals surface area (Å²) < 4.78 is 3.07. The van der Waals surface area contributed by atoms with E-state index in [9.17, 15) is 0 Å². The number of aryl methyl sites for hydroxylation is 1. The van der Waals surface area contributed by atoms with Gasteiger partial charge in [0.2, 0.25) is 0 Å². The molecule has 0 spiro atoms. The zero-order valence-corrected chi connectivity index (χ0v) is 15.6. The summed E-state index contributed by atoms with van der Waals surface area (Å²) in [4.78, 5) is 4.24. The van der Waals surface area contributed by atoms with Gasteiger partial charge in [0.15, 0.2) is 5.11 Å². The van der Waals surface area contributed by atoms with Gasteiger partial charge < -0.3 is 15.2 Å². The quantitative estimate of drug-likeness (QED) is 0.635. The van der Waals surface area contributed by atoms with Crippen LogP contribution in [0.15, 0.2) is 65.4 Å². The van der Waals surface area contributed by atoms with Crippen molar-refractivity contribution in [1.82, 2.24) is 14.9 Å². The number of imidazole rings is 1. The van der Waals surface area contributed by atoms with E-state index in [1.807, 2.05) is 37.4 Å². The molecule has 0 aliphatic heterocycles. The average molecular weight is 401 g/mol. The molecule has 0 saturated heterocycles. The second kappa shape index (κ2) is 7.59. The lowest BCUT2D eigenvalue weighted by Gasteiger charge is -2.11. The first-order valence-electron chi connectivity index (χ1n) is 7.51. The van der Waals surface area contributed by atoms with Crippen LogP contribution in [-0.4, -0.2) is 14.7 Å². The third kappa shape index (κ3) is 4.21. The van der Waals surface area contributed by atoms with Crippen LogP contribution in [0.2, 0.25) is 0 Å². The molecule has 1 heterocycles. The predicted octanol–water partition coefficient (Wildman–Crippen LogP) is 4.43. The molecule has 0 fully saturated rings. The zero-order chi connectivity index (χ0) is 16.9. The van der Waals surface area contributed by atoms with Crippen LogP contribution < -0.4 is 10.6 Å². The molecule has 0 amide bonds. The Labute approximate surface area is 155 Å². The largest absolute Gasteiger partial charge is 0.358 e. The highest BCUT2D eigenvalue weighted by molar-refractivity contribution is 9.10. The van der Waals surface area contributed by atoms with Crippen molar-refractivity contribution in [1.29, 1.82) is 0 Å². The van der Waals surface area contributed by atoms with Crippen LogP contribution >= 0.6 is 28.1 Å². The van der Waals surface area contributed by atoms with Gasteiger partial charge in [-0.3, -0.25) is 0 Å². The van der Waals surface area contributed by atoms with Crippen LogP contribution in [0.4, 0.5) is 5.69 Å².